The molecule has 5 rings (SSSR count). The molecule has 3 aromatic rings. The van der Waals surface area contributed by atoms with E-state index in [4.69, 9.17) is 21.1 Å². The third-order valence-electron chi connectivity index (χ3n) is 6.42. The average Bonchev–Trinajstić information content (AvgIpc) is 3.47. The number of aryl methyl sites for hydroxylation is 2. The maximum absolute atomic E-state index is 12.8. The van der Waals surface area contributed by atoms with Crippen LogP contribution < -0.4 is 5.32 Å². The molecule has 1 N–H and O–H groups in total. The molecule has 1 aliphatic heterocycles. The molecule has 0 atom stereocenters. The Labute approximate surface area is 197 Å². The van der Waals surface area contributed by atoms with Crippen molar-refractivity contribution in [2.24, 2.45) is 0 Å². The number of rotatable bonds is 7. The van der Waals surface area contributed by atoms with E-state index in [0.717, 1.165) is 65.9 Å². The van der Waals surface area contributed by atoms with E-state index >= 15 is 0 Å². The van der Waals surface area contributed by atoms with Crippen molar-refractivity contribution < 1.29 is 14.0 Å². The molecule has 172 valence electrons. The molecular formula is C25H27ClN4O3. The van der Waals surface area contributed by atoms with E-state index in [1.807, 2.05) is 40.8 Å². The normalized spacial score (nSPS) is 15.0. The van der Waals surface area contributed by atoms with Crippen LogP contribution in [-0.4, -0.2) is 46.1 Å². The zero-order chi connectivity index (χ0) is 22.9. The molecule has 8 heteroatoms. The first kappa shape index (κ1) is 21.8. The summed E-state index contributed by atoms with van der Waals surface area (Å²) in [5.74, 6) is 1.17. The maximum Gasteiger partial charge on any atom is 0.287 e. The van der Waals surface area contributed by atoms with Crippen molar-refractivity contribution in [2.75, 3.05) is 19.6 Å². The number of carbonyl (C=O) groups excluding carboxylic acids is 2. The zero-order valence-electron chi connectivity index (χ0n) is 18.7. The van der Waals surface area contributed by atoms with Gasteiger partial charge in [0.05, 0.1) is 12.2 Å². The number of amides is 2. The van der Waals surface area contributed by atoms with Gasteiger partial charge in [-0.3, -0.25) is 14.3 Å². The van der Waals surface area contributed by atoms with Gasteiger partial charge in [0.1, 0.15) is 5.76 Å². The van der Waals surface area contributed by atoms with Gasteiger partial charge in [-0.2, -0.15) is 5.10 Å². The first-order chi connectivity index (χ1) is 16.0. The minimum atomic E-state index is -0.213. The first-order valence-electron chi connectivity index (χ1n) is 11.5. The molecule has 1 aliphatic carbocycles. The molecule has 33 heavy (non-hydrogen) atoms. The van der Waals surface area contributed by atoms with Crippen LogP contribution in [0.4, 0.5) is 0 Å². The van der Waals surface area contributed by atoms with Crippen LogP contribution >= 0.6 is 11.6 Å². The number of halogens is 1. The largest absolute Gasteiger partial charge is 0.455 e. The summed E-state index contributed by atoms with van der Waals surface area (Å²) in [6, 6.07) is 7.77. The summed E-state index contributed by atoms with van der Waals surface area (Å²) < 4.78 is 7.93. The number of likely N-dealkylation sites (tertiary alicyclic amines) is 1. The van der Waals surface area contributed by atoms with Crippen molar-refractivity contribution in [3.05, 3.63) is 63.7 Å². The Morgan fingerprint density at radius 2 is 2.15 bits per heavy atom. The van der Waals surface area contributed by atoms with Crippen molar-refractivity contribution in [3.8, 4) is 11.3 Å². The van der Waals surface area contributed by atoms with E-state index in [9.17, 15) is 9.59 Å². The van der Waals surface area contributed by atoms with Crippen LogP contribution in [0.15, 0.2) is 34.9 Å². The molecule has 3 heterocycles. The number of aromatic nitrogens is 2. The second-order valence-electron chi connectivity index (χ2n) is 8.78. The fourth-order valence-corrected chi connectivity index (χ4v) is 4.99. The molecule has 0 radical (unpaired) electrons. The standard InChI is InChI=1S/C25H27ClN4O3/c1-16-22-20(33-24(16)25(32)27-10-4-12-29-11-3-7-21(29)31)9-8-18-15-30(28-23(18)22)14-17-5-2-6-19(26)13-17/h2,5-6,13,15H,3-4,7-12,14H2,1H3,(H,27,32). The van der Waals surface area contributed by atoms with E-state index in [0.29, 0.717) is 36.8 Å². The lowest BCUT2D eigenvalue weighted by Crippen LogP contribution is -2.30. The molecule has 0 saturated carbocycles. The average molecular weight is 467 g/mol. The maximum atomic E-state index is 12.8. The molecule has 2 amide bonds. The lowest BCUT2D eigenvalue weighted by atomic mass is 9.93. The topological polar surface area (TPSA) is 80.4 Å². The Morgan fingerprint density at radius 3 is 2.94 bits per heavy atom. The van der Waals surface area contributed by atoms with Gasteiger partial charge in [0.25, 0.3) is 5.91 Å². The lowest BCUT2D eigenvalue weighted by molar-refractivity contribution is -0.127. The highest BCUT2D eigenvalue weighted by molar-refractivity contribution is 6.30. The quantitative estimate of drug-likeness (QED) is 0.534. The summed E-state index contributed by atoms with van der Waals surface area (Å²) in [5.41, 5.74) is 4.91. The zero-order valence-corrected chi connectivity index (χ0v) is 19.5. The lowest BCUT2D eigenvalue weighted by Gasteiger charge is -2.15. The van der Waals surface area contributed by atoms with E-state index in [2.05, 4.69) is 11.5 Å². The Balaban J connectivity index is 1.28. The molecule has 1 fully saturated rings. The Kier molecular flexibility index (Phi) is 5.98. The van der Waals surface area contributed by atoms with Crippen LogP contribution in [0.5, 0.6) is 0 Å². The van der Waals surface area contributed by atoms with Gasteiger partial charge in [-0.1, -0.05) is 23.7 Å². The van der Waals surface area contributed by atoms with Gasteiger partial charge in [-0.15, -0.1) is 0 Å². The summed E-state index contributed by atoms with van der Waals surface area (Å²) >= 11 is 6.12. The van der Waals surface area contributed by atoms with Crippen molar-refractivity contribution in [3.63, 3.8) is 0 Å². The Hall–Kier alpha value is -3.06. The summed E-state index contributed by atoms with van der Waals surface area (Å²) in [6.45, 7) is 4.56. The highest BCUT2D eigenvalue weighted by Gasteiger charge is 2.29. The number of hydrogen-bond donors (Lipinski definition) is 1. The van der Waals surface area contributed by atoms with Gasteiger partial charge in [0.2, 0.25) is 5.91 Å². The van der Waals surface area contributed by atoms with E-state index in [1.165, 1.54) is 0 Å². The van der Waals surface area contributed by atoms with E-state index in [-0.39, 0.29) is 11.8 Å². The second-order valence-corrected chi connectivity index (χ2v) is 9.22. The molecule has 7 nitrogen and oxygen atoms in total. The third-order valence-corrected chi connectivity index (χ3v) is 6.65. The minimum Gasteiger partial charge on any atom is -0.455 e. The molecule has 0 bridgehead atoms. The third kappa shape index (κ3) is 4.42. The van der Waals surface area contributed by atoms with Crippen molar-refractivity contribution in [1.82, 2.24) is 20.0 Å². The monoisotopic (exact) mass is 466 g/mol. The van der Waals surface area contributed by atoms with Crippen LogP contribution in [0.2, 0.25) is 5.02 Å². The number of furan rings is 1. The molecule has 0 unspecified atom stereocenters. The van der Waals surface area contributed by atoms with Crippen molar-refractivity contribution in [2.45, 2.75) is 45.6 Å². The van der Waals surface area contributed by atoms with Gasteiger partial charge >= 0.3 is 0 Å². The van der Waals surface area contributed by atoms with Crippen LogP contribution in [0.3, 0.4) is 0 Å². The minimum absolute atomic E-state index is 0.210. The fourth-order valence-electron chi connectivity index (χ4n) is 4.78. The van der Waals surface area contributed by atoms with Gasteiger partial charge in [0.15, 0.2) is 5.76 Å². The molecule has 1 saturated heterocycles. The van der Waals surface area contributed by atoms with Crippen LogP contribution in [-0.2, 0) is 24.2 Å². The number of fused-ring (bicyclic) bond motifs is 3. The fraction of sp³-hybridized carbons (Fsp3) is 0.400. The molecule has 2 aliphatic rings. The SMILES string of the molecule is Cc1c(C(=O)NCCCN2CCCC2=O)oc2c1-c1nn(Cc3cccc(Cl)c3)cc1CC2. The Morgan fingerprint density at radius 1 is 1.27 bits per heavy atom. The van der Waals surface area contributed by atoms with E-state index < -0.39 is 0 Å². The predicted molar refractivity (Wildman–Crippen MR) is 125 cm³/mol. The summed E-state index contributed by atoms with van der Waals surface area (Å²) in [7, 11) is 0. The summed E-state index contributed by atoms with van der Waals surface area (Å²) in [6.07, 6.45) is 5.95. The van der Waals surface area contributed by atoms with Crippen LogP contribution in [0.1, 0.15) is 52.3 Å². The first-order valence-corrected chi connectivity index (χ1v) is 11.9. The number of benzene rings is 1. The summed E-state index contributed by atoms with van der Waals surface area (Å²) in [4.78, 5) is 26.4. The van der Waals surface area contributed by atoms with Crippen molar-refractivity contribution >= 4 is 23.4 Å². The van der Waals surface area contributed by atoms with Gasteiger partial charge in [0, 0.05) is 54.8 Å². The molecule has 0 spiro atoms. The van der Waals surface area contributed by atoms with Gasteiger partial charge in [-0.25, -0.2) is 0 Å². The predicted octanol–water partition coefficient (Wildman–Crippen LogP) is 3.99. The molecule has 1 aromatic carbocycles. The van der Waals surface area contributed by atoms with Gasteiger partial charge < -0.3 is 14.6 Å². The van der Waals surface area contributed by atoms with Crippen molar-refractivity contribution in [1.29, 1.82) is 0 Å². The number of carbonyl (C=O) groups is 2. The molecule has 2 aromatic heterocycles. The van der Waals surface area contributed by atoms with Gasteiger partial charge in [-0.05, 0) is 49.4 Å². The highest BCUT2D eigenvalue weighted by atomic mass is 35.5. The molecular weight excluding hydrogens is 440 g/mol. The Bertz CT molecular complexity index is 1210. The van der Waals surface area contributed by atoms with E-state index in [1.54, 1.807) is 0 Å². The second kappa shape index (κ2) is 9.06. The van der Waals surface area contributed by atoms with Crippen LogP contribution in [0, 0.1) is 6.92 Å². The highest BCUT2D eigenvalue weighted by Crippen LogP contribution is 2.38. The number of nitrogens with one attached hydrogen (secondary N) is 1. The number of hydrogen-bond acceptors (Lipinski definition) is 4. The van der Waals surface area contributed by atoms with Crippen LogP contribution in [0.25, 0.3) is 11.3 Å². The number of nitrogens with zero attached hydrogens (tertiary/aromatic N) is 3. The smallest absolute Gasteiger partial charge is 0.287 e. The summed E-state index contributed by atoms with van der Waals surface area (Å²) in [5, 5.41) is 8.48.